The summed E-state index contributed by atoms with van der Waals surface area (Å²) in [5, 5.41) is 4.38. The lowest BCUT2D eigenvalue weighted by molar-refractivity contribution is -1.03. The van der Waals surface area contributed by atoms with Gasteiger partial charge in [-0.25, -0.2) is 0 Å². The Hall–Kier alpha value is -1.24. The zero-order valence-electron chi connectivity index (χ0n) is 16.2. The van der Waals surface area contributed by atoms with Gasteiger partial charge >= 0.3 is 41.5 Å². The molecule has 2 aromatic rings. The molecule has 2 saturated carbocycles. The fraction of sp³-hybridized carbons (Fsp3) is 0.429. The van der Waals surface area contributed by atoms with E-state index in [1.165, 1.54) is 0 Å². The van der Waals surface area contributed by atoms with Crippen LogP contribution in [0.4, 0.5) is 17.6 Å². The minimum absolute atomic E-state index is 0.0194. The van der Waals surface area contributed by atoms with Gasteiger partial charge in [-0.2, -0.15) is 26.0 Å². The second kappa shape index (κ2) is 8.27. The van der Waals surface area contributed by atoms with Gasteiger partial charge in [0.05, 0.1) is 6.10 Å². The Morgan fingerprint density at radius 2 is 1.35 bits per heavy atom. The number of alkyl halides is 4. The Balaban J connectivity index is 1.65. The SMILES string of the molecule is O=S(=O)(O[I+](c1ccccc1)c1ccccc1)C(F)(F)C(F)(F)C1CC2CC1CC2O. The highest BCUT2D eigenvalue weighted by Crippen LogP contribution is 2.58. The first-order valence-electron chi connectivity index (χ1n) is 9.73. The standard InChI is InChI=1S/C21H21F4IO4S/c22-20(23,18-12-15-11-14(18)13-19(15)27)21(24,25)31(28,29)30-26(16-7-3-1-4-8-16)17-9-5-2-6-10-17/h1-10,14-15,18-19,27H,11-13H2/q+1. The topological polar surface area (TPSA) is 63.6 Å². The van der Waals surface area contributed by atoms with Gasteiger partial charge in [0.25, 0.3) is 0 Å². The lowest BCUT2D eigenvalue weighted by Gasteiger charge is -2.34. The molecular formula is C21H21F4IO4S+. The maximum atomic E-state index is 15.0. The summed E-state index contributed by atoms with van der Waals surface area (Å²) in [4.78, 5) is 0. The molecule has 31 heavy (non-hydrogen) atoms. The van der Waals surface area contributed by atoms with E-state index in [0.29, 0.717) is 7.14 Å². The first-order valence-corrected chi connectivity index (χ1v) is 14.2. The average Bonchev–Trinajstić information content (AvgIpc) is 3.33. The molecule has 2 aliphatic carbocycles. The van der Waals surface area contributed by atoms with Crippen LogP contribution in [0.25, 0.3) is 0 Å². The summed E-state index contributed by atoms with van der Waals surface area (Å²) in [7, 11) is -5.96. The molecule has 2 bridgehead atoms. The molecule has 4 unspecified atom stereocenters. The van der Waals surface area contributed by atoms with Crippen LogP contribution in [0, 0.1) is 24.9 Å². The van der Waals surface area contributed by atoms with Gasteiger partial charge in [-0.15, -0.1) is 0 Å². The third kappa shape index (κ3) is 4.00. The van der Waals surface area contributed by atoms with Gasteiger partial charge in [0, 0.05) is 5.92 Å². The summed E-state index contributed by atoms with van der Waals surface area (Å²) in [6, 6.07) is 15.9. The number of benzene rings is 2. The predicted octanol–water partition coefficient (Wildman–Crippen LogP) is 1.25. The van der Waals surface area contributed by atoms with Crippen LogP contribution in [-0.2, 0) is 12.6 Å². The van der Waals surface area contributed by atoms with E-state index in [0.717, 1.165) is 0 Å². The first kappa shape index (κ1) is 22.9. The van der Waals surface area contributed by atoms with Crippen molar-refractivity contribution >= 4 is 10.1 Å². The van der Waals surface area contributed by atoms with Gasteiger partial charge in [0.1, 0.15) is 0 Å². The number of hydrogen-bond donors (Lipinski definition) is 1. The number of hydrogen-bond acceptors (Lipinski definition) is 4. The molecule has 10 heteroatoms. The Morgan fingerprint density at radius 3 is 1.77 bits per heavy atom. The van der Waals surface area contributed by atoms with Crippen molar-refractivity contribution in [2.45, 2.75) is 36.5 Å². The fourth-order valence-corrected chi connectivity index (χ4v) is 11.5. The number of aliphatic hydroxyl groups is 1. The van der Waals surface area contributed by atoms with Crippen LogP contribution >= 0.6 is 0 Å². The van der Waals surface area contributed by atoms with Crippen molar-refractivity contribution in [1.82, 2.24) is 0 Å². The third-order valence-corrected chi connectivity index (χ3v) is 13.4. The zero-order chi connectivity index (χ0) is 22.4. The molecule has 4 rings (SSSR count). The summed E-state index contributed by atoms with van der Waals surface area (Å²) in [5.74, 6) is -7.96. The largest absolute Gasteiger partial charge is 0.435 e. The minimum Gasteiger partial charge on any atom is -0.393 e. The Kier molecular flexibility index (Phi) is 6.12. The lowest BCUT2D eigenvalue weighted by atomic mass is 9.83. The number of halogens is 5. The van der Waals surface area contributed by atoms with Crippen molar-refractivity contribution in [2.24, 2.45) is 17.8 Å². The maximum absolute atomic E-state index is 15.0. The van der Waals surface area contributed by atoms with Crippen LogP contribution < -0.4 is 20.2 Å². The molecule has 1 N–H and O–H groups in total. The molecule has 2 aliphatic rings. The van der Waals surface area contributed by atoms with Crippen molar-refractivity contribution in [3.63, 3.8) is 0 Å². The quantitative estimate of drug-likeness (QED) is 0.401. The maximum Gasteiger partial charge on any atom is 0.435 e. The van der Waals surface area contributed by atoms with Gasteiger partial charge in [-0.1, -0.05) is 36.4 Å². The monoisotopic (exact) mass is 572 g/mol. The normalized spacial score (nSPS) is 26.5. The smallest absolute Gasteiger partial charge is 0.393 e. The summed E-state index contributed by atoms with van der Waals surface area (Å²) in [5.41, 5.74) is 0. The highest BCUT2D eigenvalue weighted by Gasteiger charge is 2.74. The molecule has 0 heterocycles. The van der Waals surface area contributed by atoms with E-state index in [9.17, 15) is 31.1 Å². The van der Waals surface area contributed by atoms with E-state index in [-0.39, 0.29) is 19.3 Å². The number of fused-ring (bicyclic) bond motifs is 2. The molecule has 169 valence electrons. The lowest BCUT2D eigenvalue weighted by Crippen LogP contribution is -3.85. The molecule has 4 nitrogen and oxygen atoms in total. The summed E-state index contributed by atoms with van der Waals surface area (Å²) >= 11 is -3.47. The summed E-state index contributed by atoms with van der Waals surface area (Å²) in [6.07, 6.45) is -0.948. The minimum atomic E-state index is -5.96. The van der Waals surface area contributed by atoms with Crippen molar-refractivity contribution in [3.8, 4) is 0 Å². The van der Waals surface area contributed by atoms with Gasteiger partial charge in [-0.05, 0) is 57.9 Å². The molecule has 1 radical (unpaired) electrons. The Morgan fingerprint density at radius 1 is 0.839 bits per heavy atom. The van der Waals surface area contributed by atoms with E-state index >= 15 is 0 Å². The van der Waals surface area contributed by atoms with Gasteiger partial charge in [-0.3, -0.25) is 0 Å². The predicted molar refractivity (Wildman–Crippen MR) is 101 cm³/mol. The van der Waals surface area contributed by atoms with Crippen LogP contribution in [-0.4, -0.2) is 30.8 Å². The molecular weight excluding hydrogens is 551 g/mol. The van der Waals surface area contributed by atoms with Gasteiger partial charge in [0.15, 0.2) is 7.14 Å². The van der Waals surface area contributed by atoms with Crippen molar-refractivity contribution in [2.75, 3.05) is 0 Å². The zero-order valence-corrected chi connectivity index (χ0v) is 19.1. The van der Waals surface area contributed by atoms with Gasteiger partial charge < -0.3 is 5.11 Å². The summed E-state index contributed by atoms with van der Waals surface area (Å²) in [6.45, 7) is 0. The van der Waals surface area contributed by atoms with Crippen LogP contribution in [0.3, 0.4) is 0 Å². The molecule has 0 aliphatic heterocycles. The van der Waals surface area contributed by atoms with Gasteiger partial charge in [0.2, 0.25) is 0 Å². The Bertz CT molecular complexity index is 979. The van der Waals surface area contributed by atoms with Crippen LogP contribution in [0.5, 0.6) is 0 Å². The molecule has 4 atom stereocenters. The van der Waals surface area contributed by atoms with Crippen LogP contribution in [0.1, 0.15) is 19.3 Å². The van der Waals surface area contributed by atoms with Crippen molar-refractivity contribution in [1.29, 1.82) is 0 Å². The first-order chi connectivity index (χ1) is 14.5. The second-order valence-electron chi connectivity index (χ2n) is 7.90. The molecule has 0 spiro atoms. The highest BCUT2D eigenvalue weighted by molar-refractivity contribution is 7.87. The Labute approximate surface area is 185 Å². The van der Waals surface area contributed by atoms with Crippen molar-refractivity contribution < 1.29 is 53.8 Å². The van der Waals surface area contributed by atoms with E-state index in [4.69, 9.17) is 2.51 Å². The molecule has 0 aromatic heterocycles. The molecule has 2 aromatic carbocycles. The van der Waals surface area contributed by atoms with E-state index < -0.39 is 65.4 Å². The molecule has 0 saturated heterocycles. The van der Waals surface area contributed by atoms with E-state index in [1.54, 1.807) is 60.7 Å². The fourth-order valence-electron chi connectivity index (χ4n) is 4.45. The number of aliphatic hydroxyl groups excluding tert-OH is 1. The van der Waals surface area contributed by atoms with E-state index in [1.807, 2.05) is 0 Å². The second-order valence-corrected chi connectivity index (χ2v) is 14.4. The number of rotatable bonds is 7. The third-order valence-electron chi connectivity index (χ3n) is 6.00. The average molecular weight is 572 g/mol. The van der Waals surface area contributed by atoms with Crippen LogP contribution in [0.2, 0.25) is 0 Å². The van der Waals surface area contributed by atoms with E-state index in [2.05, 4.69) is 0 Å². The molecule has 2 fully saturated rings. The van der Waals surface area contributed by atoms with Crippen molar-refractivity contribution in [3.05, 3.63) is 67.8 Å². The highest BCUT2D eigenvalue weighted by atomic mass is 127. The summed E-state index contributed by atoms with van der Waals surface area (Å²) < 4.78 is 90.8. The van der Waals surface area contributed by atoms with Crippen LogP contribution in [0.15, 0.2) is 60.7 Å². The molecule has 0 amide bonds.